The Hall–Kier alpha value is -1.82. The molecule has 0 N–H and O–H groups in total. The van der Waals surface area contributed by atoms with Crippen LogP contribution in [0.25, 0.3) is 0 Å². The molecule has 0 bridgehead atoms. The van der Waals surface area contributed by atoms with Gasteiger partial charge in [-0.3, -0.25) is 4.79 Å². The lowest BCUT2D eigenvalue weighted by Crippen LogP contribution is -2.27. The van der Waals surface area contributed by atoms with Crippen molar-refractivity contribution in [3.05, 3.63) is 34.4 Å². The van der Waals surface area contributed by atoms with Crippen LogP contribution in [-0.2, 0) is 11.2 Å². The highest BCUT2D eigenvalue weighted by molar-refractivity contribution is 5.90. The average Bonchev–Trinajstić information content (AvgIpc) is 2.33. The highest BCUT2D eigenvalue weighted by Gasteiger charge is 2.09. The first kappa shape index (κ1) is 13.2. The largest absolute Gasteiger partial charge is 0.333 e. The molecule has 0 heterocycles. The maximum Gasteiger partial charge on any atom is 0.324 e. The summed E-state index contributed by atoms with van der Waals surface area (Å²) >= 11 is 0. The molecule has 0 aromatic heterocycles. The molecule has 3 heteroatoms. The highest BCUT2D eigenvalue weighted by Crippen LogP contribution is 2.17. The zero-order chi connectivity index (χ0) is 13.0. The van der Waals surface area contributed by atoms with Gasteiger partial charge in [0.25, 0.3) is 0 Å². The second-order valence-corrected chi connectivity index (χ2v) is 4.38. The van der Waals surface area contributed by atoms with Crippen molar-refractivity contribution in [1.29, 1.82) is 5.26 Å². The van der Waals surface area contributed by atoms with Crippen molar-refractivity contribution in [1.82, 2.24) is 4.90 Å². The molecule has 1 aromatic rings. The number of amides is 1. The van der Waals surface area contributed by atoms with Crippen molar-refractivity contribution < 1.29 is 4.79 Å². The van der Waals surface area contributed by atoms with Gasteiger partial charge in [0.1, 0.15) is 0 Å². The van der Waals surface area contributed by atoms with Crippen LogP contribution in [0.2, 0.25) is 0 Å². The van der Waals surface area contributed by atoms with E-state index >= 15 is 0 Å². The van der Waals surface area contributed by atoms with Gasteiger partial charge in [-0.05, 0) is 49.4 Å². The van der Waals surface area contributed by atoms with E-state index in [2.05, 4.69) is 32.9 Å². The Morgan fingerprint density at radius 3 is 2.53 bits per heavy atom. The lowest BCUT2D eigenvalue weighted by atomic mass is 9.97. The summed E-state index contributed by atoms with van der Waals surface area (Å²) < 4.78 is 0. The van der Waals surface area contributed by atoms with Gasteiger partial charge >= 0.3 is 5.91 Å². The number of benzene rings is 1. The number of rotatable bonds is 3. The second-order valence-electron chi connectivity index (χ2n) is 4.38. The number of likely N-dealkylation sites (N-methyl/N-ethyl adjacent to an activating group) is 1. The zero-order valence-electron chi connectivity index (χ0n) is 10.9. The molecule has 1 rings (SSSR count). The third kappa shape index (κ3) is 3.07. The molecule has 1 amide bonds. The number of carbonyl (C=O) groups is 1. The standard InChI is InChI=1S/C14H18N2O/c1-10-5-6-13(12(3)11(10)2)7-8-16(4)14(17)9-15/h5-6H,7-8H2,1-4H3. The predicted molar refractivity (Wildman–Crippen MR) is 67.6 cm³/mol. The van der Waals surface area contributed by atoms with Crippen LogP contribution < -0.4 is 0 Å². The van der Waals surface area contributed by atoms with Crippen molar-refractivity contribution in [3.63, 3.8) is 0 Å². The van der Waals surface area contributed by atoms with E-state index in [-0.39, 0.29) is 0 Å². The molecule has 0 aliphatic rings. The number of nitriles is 1. The number of aryl methyl sites for hydroxylation is 1. The van der Waals surface area contributed by atoms with Crippen molar-refractivity contribution >= 4 is 5.91 Å². The Bertz CT molecular complexity index is 472. The van der Waals surface area contributed by atoms with Crippen LogP contribution in [0.5, 0.6) is 0 Å². The van der Waals surface area contributed by atoms with Gasteiger partial charge in [0.2, 0.25) is 0 Å². The van der Waals surface area contributed by atoms with Crippen molar-refractivity contribution in [2.24, 2.45) is 0 Å². The zero-order valence-corrected chi connectivity index (χ0v) is 10.9. The normalized spacial score (nSPS) is 9.82. The van der Waals surface area contributed by atoms with Crippen LogP contribution >= 0.6 is 0 Å². The van der Waals surface area contributed by atoms with E-state index in [4.69, 9.17) is 5.26 Å². The van der Waals surface area contributed by atoms with Crippen LogP contribution in [-0.4, -0.2) is 24.4 Å². The van der Waals surface area contributed by atoms with E-state index in [1.54, 1.807) is 13.1 Å². The quantitative estimate of drug-likeness (QED) is 0.747. The number of carbonyl (C=O) groups excluding carboxylic acids is 1. The van der Waals surface area contributed by atoms with Crippen molar-refractivity contribution in [2.75, 3.05) is 13.6 Å². The summed E-state index contributed by atoms with van der Waals surface area (Å²) in [5.74, 6) is -0.480. The number of hydrogen-bond donors (Lipinski definition) is 0. The lowest BCUT2D eigenvalue weighted by Gasteiger charge is -2.15. The smallest absolute Gasteiger partial charge is 0.324 e. The van der Waals surface area contributed by atoms with E-state index in [0.29, 0.717) is 6.54 Å². The summed E-state index contributed by atoms with van der Waals surface area (Å²) in [6.07, 6.45) is 0.789. The topological polar surface area (TPSA) is 44.1 Å². The van der Waals surface area contributed by atoms with Gasteiger partial charge in [0, 0.05) is 13.6 Å². The molecule has 3 nitrogen and oxygen atoms in total. The first-order valence-electron chi connectivity index (χ1n) is 5.68. The fourth-order valence-corrected chi connectivity index (χ4v) is 1.76. The minimum Gasteiger partial charge on any atom is -0.333 e. The Morgan fingerprint density at radius 1 is 1.29 bits per heavy atom. The summed E-state index contributed by atoms with van der Waals surface area (Å²) in [6, 6.07) is 5.82. The molecule has 90 valence electrons. The van der Waals surface area contributed by atoms with Gasteiger partial charge < -0.3 is 4.90 Å². The first-order chi connectivity index (χ1) is 7.97. The molecule has 17 heavy (non-hydrogen) atoms. The molecule has 0 unspecified atom stereocenters. The number of nitrogens with zero attached hydrogens (tertiary/aromatic N) is 2. The average molecular weight is 230 g/mol. The maximum absolute atomic E-state index is 11.1. The van der Waals surface area contributed by atoms with E-state index in [1.807, 2.05) is 0 Å². The molecular formula is C14H18N2O. The van der Waals surface area contributed by atoms with Crippen LogP contribution in [0, 0.1) is 32.1 Å². The Labute approximate surface area is 103 Å². The SMILES string of the molecule is Cc1ccc(CCN(C)C(=O)C#N)c(C)c1C. The molecule has 0 saturated heterocycles. The molecule has 0 aliphatic heterocycles. The van der Waals surface area contributed by atoms with Crippen molar-refractivity contribution in [2.45, 2.75) is 27.2 Å². The molecular weight excluding hydrogens is 212 g/mol. The van der Waals surface area contributed by atoms with Gasteiger partial charge in [-0.25, -0.2) is 0 Å². The Balaban J connectivity index is 2.75. The minimum absolute atomic E-state index is 0.480. The van der Waals surface area contributed by atoms with Crippen LogP contribution in [0.3, 0.4) is 0 Å². The van der Waals surface area contributed by atoms with Crippen LogP contribution in [0.4, 0.5) is 0 Å². The summed E-state index contributed by atoms with van der Waals surface area (Å²) in [5, 5.41) is 8.50. The third-order valence-electron chi connectivity index (χ3n) is 3.33. The molecule has 0 aliphatic carbocycles. The summed E-state index contributed by atoms with van der Waals surface area (Å²) in [5.41, 5.74) is 5.11. The van der Waals surface area contributed by atoms with E-state index in [9.17, 15) is 4.79 Å². The molecule has 0 fully saturated rings. The molecule has 0 radical (unpaired) electrons. The minimum atomic E-state index is -0.480. The van der Waals surface area contributed by atoms with Gasteiger partial charge in [-0.15, -0.1) is 0 Å². The Kier molecular flexibility index (Phi) is 4.28. The molecule has 0 saturated carbocycles. The van der Waals surface area contributed by atoms with E-state index in [1.165, 1.54) is 27.2 Å². The van der Waals surface area contributed by atoms with E-state index in [0.717, 1.165) is 6.42 Å². The molecule has 0 spiro atoms. The van der Waals surface area contributed by atoms with E-state index < -0.39 is 5.91 Å². The molecule has 0 atom stereocenters. The van der Waals surface area contributed by atoms with Crippen LogP contribution in [0.15, 0.2) is 12.1 Å². The summed E-state index contributed by atoms with van der Waals surface area (Å²) in [7, 11) is 1.65. The van der Waals surface area contributed by atoms with Crippen molar-refractivity contribution in [3.8, 4) is 6.07 Å². The third-order valence-corrected chi connectivity index (χ3v) is 3.33. The first-order valence-corrected chi connectivity index (χ1v) is 5.68. The summed E-state index contributed by atoms with van der Waals surface area (Å²) in [4.78, 5) is 12.6. The maximum atomic E-state index is 11.1. The van der Waals surface area contributed by atoms with Gasteiger partial charge in [0.05, 0.1) is 0 Å². The fourth-order valence-electron chi connectivity index (χ4n) is 1.76. The fraction of sp³-hybridized carbons (Fsp3) is 0.429. The van der Waals surface area contributed by atoms with Gasteiger partial charge in [-0.2, -0.15) is 5.26 Å². The highest BCUT2D eigenvalue weighted by atomic mass is 16.2. The Morgan fingerprint density at radius 2 is 1.94 bits per heavy atom. The number of hydrogen-bond acceptors (Lipinski definition) is 2. The van der Waals surface area contributed by atoms with Gasteiger partial charge in [-0.1, -0.05) is 12.1 Å². The molecule has 1 aromatic carbocycles. The summed E-state index contributed by atoms with van der Waals surface area (Å²) in [6.45, 7) is 6.88. The van der Waals surface area contributed by atoms with Gasteiger partial charge in [0.15, 0.2) is 6.07 Å². The monoisotopic (exact) mass is 230 g/mol. The van der Waals surface area contributed by atoms with Crippen LogP contribution in [0.1, 0.15) is 22.3 Å². The second kappa shape index (κ2) is 5.49. The predicted octanol–water partition coefficient (Wildman–Crippen LogP) is 2.14. The lowest BCUT2D eigenvalue weighted by molar-refractivity contribution is -0.124.